The third-order valence-electron chi connectivity index (χ3n) is 5.00. The van der Waals surface area contributed by atoms with Crippen LogP contribution in [-0.4, -0.2) is 36.2 Å². The van der Waals surface area contributed by atoms with Gasteiger partial charge >= 0.3 is 0 Å². The Labute approximate surface area is 113 Å². The number of aliphatic hydroxyl groups excluding tert-OH is 1. The van der Waals surface area contributed by atoms with Crippen LogP contribution < -0.4 is 0 Å². The van der Waals surface area contributed by atoms with E-state index in [1.807, 2.05) is 0 Å². The molecule has 0 spiro atoms. The molecule has 2 heteroatoms. The van der Waals surface area contributed by atoms with Gasteiger partial charge in [0.15, 0.2) is 0 Å². The van der Waals surface area contributed by atoms with Crippen molar-refractivity contribution in [1.82, 2.24) is 4.90 Å². The Balaban J connectivity index is 1.95. The van der Waals surface area contributed by atoms with E-state index in [-0.39, 0.29) is 5.41 Å². The van der Waals surface area contributed by atoms with Crippen molar-refractivity contribution in [2.45, 2.75) is 58.8 Å². The molecule has 2 rings (SSSR count). The molecule has 18 heavy (non-hydrogen) atoms. The molecule has 1 aliphatic carbocycles. The molecule has 2 aliphatic rings. The highest BCUT2D eigenvalue weighted by Crippen LogP contribution is 2.36. The first-order chi connectivity index (χ1) is 8.63. The third kappa shape index (κ3) is 3.71. The summed E-state index contributed by atoms with van der Waals surface area (Å²) in [6.07, 6.45) is 9.23. The third-order valence-corrected chi connectivity index (χ3v) is 5.00. The van der Waals surface area contributed by atoms with Gasteiger partial charge in [-0.3, -0.25) is 0 Å². The van der Waals surface area contributed by atoms with Crippen molar-refractivity contribution in [3.05, 3.63) is 0 Å². The highest BCUT2D eigenvalue weighted by molar-refractivity contribution is 4.87. The lowest BCUT2D eigenvalue weighted by Gasteiger charge is -2.41. The number of rotatable bonds is 3. The van der Waals surface area contributed by atoms with E-state index in [9.17, 15) is 5.11 Å². The Kier molecular flexibility index (Phi) is 5.08. The maximum atomic E-state index is 9.90. The van der Waals surface area contributed by atoms with Crippen LogP contribution in [0.1, 0.15) is 58.8 Å². The lowest BCUT2D eigenvalue weighted by Crippen LogP contribution is -2.46. The van der Waals surface area contributed by atoms with Gasteiger partial charge in [0.2, 0.25) is 0 Å². The molecule has 1 heterocycles. The minimum Gasteiger partial charge on any atom is -0.396 e. The quantitative estimate of drug-likeness (QED) is 0.780. The lowest BCUT2D eigenvalue weighted by atomic mass is 9.79. The summed E-state index contributed by atoms with van der Waals surface area (Å²) in [6.45, 7) is 8.77. The Bertz CT molecular complexity index is 235. The summed E-state index contributed by atoms with van der Waals surface area (Å²) in [5.74, 6) is 1.66. The van der Waals surface area contributed by atoms with E-state index in [0.717, 1.165) is 18.4 Å². The summed E-state index contributed by atoms with van der Waals surface area (Å²) >= 11 is 0. The summed E-state index contributed by atoms with van der Waals surface area (Å²) in [5.41, 5.74) is 0.216. The second-order valence-electron chi connectivity index (χ2n) is 7.21. The standard InChI is InChI=1S/C16H31NO/c1-14-9-15(2)11-17(10-14)12-16(13-18)7-5-3-4-6-8-16/h14-15,18H,3-13H2,1-2H3. The molecule has 0 aromatic rings. The molecule has 2 atom stereocenters. The number of aliphatic hydroxyl groups is 1. The van der Waals surface area contributed by atoms with Crippen LogP contribution in [0.5, 0.6) is 0 Å². The first-order valence-electron chi connectivity index (χ1n) is 7.97. The highest BCUT2D eigenvalue weighted by atomic mass is 16.3. The average Bonchev–Trinajstić information content (AvgIpc) is 2.54. The molecule has 1 N–H and O–H groups in total. The van der Waals surface area contributed by atoms with Crippen molar-refractivity contribution in [3.8, 4) is 0 Å². The van der Waals surface area contributed by atoms with Crippen molar-refractivity contribution < 1.29 is 5.11 Å². The monoisotopic (exact) mass is 253 g/mol. The molecule has 1 aliphatic heterocycles. The normalized spacial score (nSPS) is 34.2. The van der Waals surface area contributed by atoms with E-state index in [0.29, 0.717) is 6.61 Å². The zero-order valence-corrected chi connectivity index (χ0v) is 12.3. The summed E-state index contributed by atoms with van der Waals surface area (Å²) in [7, 11) is 0. The molecular weight excluding hydrogens is 222 g/mol. The van der Waals surface area contributed by atoms with Gasteiger partial charge < -0.3 is 10.0 Å². The van der Waals surface area contributed by atoms with Gasteiger partial charge in [0, 0.05) is 31.7 Å². The van der Waals surface area contributed by atoms with Crippen molar-refractivity contribution in [2.24, 2.45) is 17.3 Å². The number of nitrogens with zero attached hydrogens (tertiary/aromatic N) is 1. The smallest absolute Gasteiger partial charge is 0.0499 e. The average molecular weight is 253 g/mol. The Morgan fingerprint density at radius 2 is 1.56 bits per heavy atom. The van der Waals surface area contributed by atoms with Gasteiger partial charge in [-0.15, -0.1) is 0 Å². The topological polar surface area (TPSA) is 23.5 Å². The van der Waals surface area contributed by atoms with E-state index in [1.165, 1.54) is 58.0 Å². The Morgan fingerprint density at radius 1 is 1.00 bits per heavy atom. The van der Waals surface area contributed by atoms with Crippen LogP contribution >= 0.6 is 0 Å². The van der Waals surface area contributed by atoms with E-state index >= 15 is 0 Å². The van der Waals surface area contributed by atoms with Gasteiger partial charge in [-0.25, -0.2) is 0 Å². The van der Waals surface area contributed by atoms with Crippen LogP contribution in [0.3, 0.4) is 0 Å². The van der Waals surface area contributed by atoms with Gasteiger partial charge in [0.05, 0.1) is 0 Å². The Hall–Kier alpha value is -0.0800. The maximum Gasteiger partial charge on any atom is 0.0499 e. The van der Waals surface area contributed by atoms with Gasteiger partial charge in [0.1, 0.15) is 0 Å². The molecule has 106 valence electrons. The second-order valence-corrected chi connectivity index (χ2v) is 7.21. The van der Waals surface area contributed by atoms with Crippen LogP contribution in [0, 0.1) is 17.3 Å². The minimum atomic E-state index is 0.216. The lowest BCUT2D eigenvalue weighted by molar-refractivity contribution is 0.0320. The first kappa shape index (κ1) is 14.3. The van der Waals surface area contributed by atoms with E-state index in [2.05, 4.69) is 18.7 Å². The molecular formula is C16H31NO. The number of likely N-dealkylation sites (tertiary alicyclic amines) is 1. The fourth-order valence-corrected chi connectivity index (χ4v) is 4.24. The molecule has 2 nitrogen and oxygen atoms in total. The fraction of sp³-hybridized carbons (Fsp3) is 1.00. The molecule has 0 amide bonds. The van der Waals surface area contributed by atoms with Crippen molar-refractivity contribution in [3.63, 3.8) is 0 Å². The largest absolute Gasteiger partial charge is 0.396 e. The molecule has 0 aromatic heterocycles. The number of piperidine rings is 1. The van der Waals surface area contributed by atoms with E-state index < -0.39 is 0 Å². The van der Waals surface area contributed by atoms with Crippen LogP contribution in [0.2, 0.25) is 0 Å². The maximum absolute atomic E-state index is 9.90. The number of hydrogen-bond donors (Lipinski definition) is 1. The molecule has 2 unspecified atom stereocenters. The zero-order chi connectivity index (χ0) is 13.0. The van der Waals surface area contributed by atoms with E-state index in [4.69, 9.17) is 0 Å². The SMILES string of the molecule is CC1CC(C)CN(CC2(CO)CCCCCC2)C1. The van der Waals surface area contributed by atoms with Crippen molar-refractivity contribution in [1.29, 1.82) is 0 Å². The second kappa shape index (κ2) is 6.38. The summed E-state index contributed by atoms with van der Waals surface area (Å²) in [6, 6.07) is 0. The predicted octanol–water partition coefficient (Wildman–Crippen LogP) is 3.30. The summed E-state index contributed by atoms with van der Waals surface area (Å²) in [5, 5.41) is 9.90. The molecule has 0 aromatic carbocycles. The van der Waals surface area contributed by atoms with Crippen molar-refractivity contribution >= 4 is 0 Å². The zero-order valence-electron chi connectivity index (χ0n) is 12.3. The highest BCUT2D eigenvalue weighted by Gasteiger charge is 2.34. The summed E-state index contributed by atoms with van der Waals surface area (Å²) < 4.78 is 0. The van der Waals surface area contributed by atoms with Crippen LogP contribution in [0.4, 0.5) is 0 Å². The Morgan fingerprint density at radius 3 is 2.06 bits per heavy atom. The van der Waals surface area contributed by atoms with Crippen molar-refractivity contribution in [2.75, 3.05) is 26.2 Å². The summed E-state index contributed by atoms with van der Waals surface area (Å²) in [4.78, 5) is 2.64. The van der Waals surface area contributed by atoms with Gasteiger partial charge in [0.25, 0.3) is 0 Å². The minimum absolute atomic E-state index is 0.216. The van der Waals surface area contributed by atoms with Gasteiger partial charge in [-0.2, -0.15) is 0 Å². The van der Waals surface area contributed by atoms with Crippen LogP contribution in [0.25, 0.3) is 0 Å². The molecule has 1 saturated carbocycles. The fourth-order valence-electron chi connectivity index (χ4n) is 4.24. The van der Waals surface area contributed by atoms with E-state index in [1.54, 1.807) is 0 Å². The van der Waals surface area contributed by atoms with Crippen LogP contribution in [-0.2, 0) is 0 Å². The molecule has 2 fully saturated rings. The van der Waals surface area contributed by atoms with Gasteiger partial charge in [-0.1, -0.05) is 39.5 Å². The van der Waals surface area contributed by atoms with Gasteiger partial charge in [-0.05, 0) is 31.1 Å². The van der Waals surface area contributed by atoms with Crippen LogP contribution in [0.15, 0.2) is 0 Å². The first-order valence-corrected chi connectivity index (χ1v) is 7.97. The number of hydrogen-bond acceptors (Lipinski definition) is 2. The predicted molar refractivity (Wildman–Crippen MR) is 76.6 cm³/mol. The molecule has 1 saturated heterocycles. The molecule has 0 radical (unpaired) electrons. The molecule has 0 bridgehead atoms.